The quantitative estimate of drug-likeness (QED) is 0.348. The van der Waals surface area contributed by atoms with Crippen molar-refractivity contribution in [3.63, 3.8) is 0 Å². The van der Waals surface area contributed by atoms with Crippen LogP contribution in [0.3, 0.4) is 0 Å². The monoisotopic (exact) mass is 562 g/mol. The lowest BCUT2D eigenvalue weighted by Gasteiger charge is -2.29. The third-order valence-corrected chi connectivity index (χ3v) is 7.66. The molecule has 11 nitrogen and oxygen atoms in total. The number of aromatic nitrogens is 7. The van der Waals surface area contributed by atoms with Gasteiger partial charge in [0.15, 0.2) is 27.1 Å². The summed E-state index contributed by atoms with van der Waals surface area (Å²) in [4.78, 5) is 18.4. The van der Waals surface area contributed by atoms with Gasteiger partial charge in [-0.1, -0.05) is 6.92 Å². The van der Waals surface area contributed by atoms with Crippen molar-refractivity contribution in [2.45, 2.75) is 37.3 Å². The fourth-order valence-corrected chi connectivity index (χ4v) is 4.99. The molecule has 0 aromatic carbocycles. The molecule has 0 saturated carbocycles. The first-order chi connectivity index (χ1) is 17.7. The minimum Gasteiger partial charge on any atom is -0.347 e. The van der Waals surface area contributed by atoms with E-state index in [4.69, 9.17) is 0 Å². The number of fused-ring (bicyclic) bond motifs is 2. The van der Waals surface area contributed by atoms with Gasteiger partial charge in [0.25, 0.3) is 0 Å². The predicted molar refractivity (Wildman–Crippen MR) is 117 cm³/mol. The van der Waals surface area contributed by atoms with E-state index in [1.165, 1.54) is 17.9 Å². The predicted octanol–water partition coefficient (Wildman–Crippen LogP) is 2.32. The summed E-state index contributed by atoms with van der Waals surface area (Å²) in [5, 5.41) is 10.8. The lowest BCUT2D eigenvalue weighted by atomic mass is 10.3. The maximum absolute atomic E-state index is 13.2. The number of alkyl halides is 6. The molecule has 38 heavy (non-hydrogen) atoms. The largest absolute Gasteiger partial charge is 0.451 e. The molecule has 0 spiro atoms. The van der Waals surface area contributed by atoms with Crippen molar-refractivity contribution in [3.05, 3.63) is 58.2 Å². The standard InChI is InChI=1S/C20H16F6N8O3S/c1-2-38(36,37)12-4-6-13(31-7-8-32-15(10-31)28-29-17(32)20(24,25)26)27-16(12)34-18(35)33-9-11(19(21,22)23)3-5-14(33)30-34/h3-6,9H,2,7-8,10H2,1H3. The first-order valence-corrected chi connectivity index (χ1v) is 12.5. The Bertz CT molecular complexity index is 1720. The average molecular weight is 562 g/mol. The van der Waals surface area contributed by atoms with E-state index in [0.29, 0.717) is 15.3 Å². The second-order valence-corrected chi connectivity index (χ2v) is 10.5. The first kappa shape index (κ1) is 25.7. The summed E-state index contributed by atoms with van der Waals surface area (Å²) in [5.74, 6) is -1.93. The Morgan fingerprint density at radius 2 is 1.71 bits per heavy atom. The van der Waals surface area contributed by atoms with Gasteiger partial charge in [0.2, 0.25) is 5.82 Å². The number of pyridine rings is 2. The average Bonchev–Trinajstić information content (AvgIpc) is 3.43. The van der Waals surface area contributed by atoms with Crippen LogP contribution < -0.4 is 10.6 Å². The zero-order valence-electron chi connectivity index (χ0n) is 19.2. The van der Waals surface area contributed by atoms with Gasteiger partial charge in [-0.15, -0.1) is 15.3 Å². The molecule has 5 rings (SSSR count). The zero-order valence-corrected chi connectivity index (χ0v) is 20.0. The van der Waals surface area contributed by atoms with E-state index in [2.05, 4.69) is 20.3 Å². The van der Waals surface area contributed by atoms with Crippen LogP contribution in [0.15, 0.2) is 40.2 Å². The van der Waals surface area contributed by atoms with Crippen LogP contribution in [0.5, 0.6) is 0 Å². The van der Waals surface area contributed by atoms with Gasteiger partial charge >= 0.3 is 18.0 Å². The van der Waals surface area contributed by atoms with Gasteiger partial charge in [-0.2, -0.15) is 31.0 Å². The molecule has 0 amide bonds. The highest BCUT2D eigenvalue weighted by atomic mass is 32.2. The van der Waals surface area contributed by atoms with Crippen molar-refractivity contribution in [3.8, 4) is 5.82 Å². The minimum absolute atomic E-state index is 0.00937. The van der Waals surface area contributed by atoms with Crippen LogP contribution in [0.1, 0.15) is 24.1 Å². The van der Waals surface area contributed by atoms with Gasteiger partial charge in [-0.05, 0) is 24.3 Å². The molecular weight excluding hydrogens is 546 g/mol. The van der Waals surface area contributed by atoms with E-state index in [-0.39, 0.29) is 42.7 Å². The molecule has 0 atom stereocenters. The summed E-state index contributed by atoms with van der Waals surface area (Å²) in [6.45, 7) is 1.04. The van der Waals surface area contributed by atoms with Crippen LogP contribution >= 0.6 is 0 Å². The summed E-state index contributed by atoms with van der Waals surface area (Å²) in [6.07, 6.45) is -8.91. The Morgan fingerprint density at radius 1 is 0.974 bits per heavy atom. The minimum atomic E-state index is -4.74. The van der Waals surface area contributed by atoms with Crippen molar-refractivity contribution in [1.29, 1.82) is 0 Å². The number of nitrogens with zero attached hydrogens (tertiary/aromatic N) is 8. The Morgan fingerprint density at radius 3 is 2.37 bits per heavy atom. The van der Waals surface area contributed by atoms with Crippen molar-refractivity contribution in [2.24, 2.45) is 0 Å². The Labute approximate surface area is 208 Å². The highest BCUT2D eigenvalue weighted by molar-refractivity contribution is 7.91. The molecule has 0 radical (unpaired) electrons. The van der Waals surface area contributed by atoms with Crippen LogP contribution in [-0.2, 0) is 35.3 Å². The molecule has 202 valence electrons. The van der Waals surface area contributed by atoms with Gasteiger partial charge in [-0.3, -0.25) is 0 Å². The van der Waals surface area contributed by atoms with Gasteiger partial charge in [0, 0.05) is 19.3 Å². The molecule has 1 aliphatic heterocycles. The third kappa shape index (κ3) is 4.27. The molecule has 0 unspecified atom stereocenters. The first-order valence-electron chi connectivity index (χ1n) is 10.9. The molecule has 0 bridgehead atoms. The van der Waals surface area contributed by atoms with E-state index in [0.717, 1.165) is 22.8 Å². The Balaban J connectivity index is 1.62. The lowest BCUT2D eigenvalue weighted by molar-refractivity contribution is -0.147. The fraction of sp³-hybridized carbons (Fsp3) is 0.350. The zero-order chi connectivity index (χ0) is 27.6. The van der Waals surface area contributed by atoms with Crippen molar-refractivity contribution in [2.75, 3.05) is 17.2 Å². The number of hydrogen-bond acceptors (Lipinski definition) is 8. The van der Waals surface area contributed by atoms with Crippen molar-refractivity contribution in [1.82, 2.24) is 33.9 Å². The molecule has 4 aromatic heterocycles. The second kappa shape index (κ2) is 8.53. The number of halogens is 6. The molecule has 0 saturated heterocycles. The van der Waals surface area contributed by atoms with E-state index in [1.807, 2.05) is 0 Å². The van der Waals surface area contributed by atoms with Crippen LogP contribution in [0, 0.1) is 0 Å². The van der Waals surface area contributed by atoms with Crippen LogP contribution in [0.4, 0.5) is 32.2 Å². The number of hydrogen-bond donors (Lipinski definition) is 0. The summed E-state index contributed by atoms with van der Waals surface area (Å²) in [5.41, 5.74) is -2.41. The molecule has 18 heteroatoms. The number of anilines is 1. The molecule has 0 N–H and O–H groups in total. The molecule has 1 aliphatic rings. The van der Waals surface area contributed by atoms with Crippen molar-refractivity contribution < 1.29 is 34.8 Å². The smallest absolute Gasteiger partial charge is 0.347 e. The normalized spacial score (nSPS) is 14.8. The molecule has 5 heterocycles. The summed E-state index contributed by atoms with van der Waals surface area (Å²) in [7, 11) is -3.99. The van der Waals surface area contributed by atoms with Crippen LogP contribution in [0.25, 0.3) is 11.5 Å². The maximum Gasteiger partial charge on any atom is 0.451 e. The Hall–Kier alpha value is -3.96. The van der Waals surface area contributed by atoms with Crippen LogP contribution in [-0.4, -0.2) is 54.6 Å². The molecule has 0 aliphatic carbocycles. The van der Waals surface area contributed by atoms with Gasteiger partial charge in [0.05, 0.1) is 17.9 Å². The SMILES string of the molecule is CCS(=O)(=O)c1ccc(N2CCn3c(nnc3C(F)(F)F)C2)nc1-n1nc2ccc(C(F)(F)F)cn2c1=O. The molecule has 4 aromatic rings. The lowest BCUT2D eigenvalue weighted by Crippen LogP contribution is -2.36. The summed E-state index contributed by atoms with van der Waals surface area (Å²) in [6, 6.07) is 4.15. The number of rotatable bonds is 4. The fourth-order valence-electron chi connectivity index (χ4n) is 4.00. The summed E-state index contributed by atoms with van der Waals surface area (Å²) < 4.78 is 107. The maximum atomic E-state index is 13.2. The van der Waals surface area contributed by atoms with E-state index >= 15 is 0 Å². The topological polar surface area (TPSA) is 120 Å². The molecule has 0 fully saturated rings. The van der Waals surface area contributed by atoms with E-state index in [1.54, 1.807) is 0 Å². The molecular formula is C20H16F6N8O3S. The summed E-state index contributed by atoms with van der Waals surface area (Å²) >= 11 is 0. The van der Waals surface area contributed by atoms with E-state index < -0.39 is 50.0 Å². The highest BCUT2D eigenvalue weighted by Gasteiger charge is 2.40. The van der Waals surface area contributed by atoms with Gasteiger partial charge in [-0.25, -0.2) is 22.6 Å². The van der Waals surface area contributed by atoms with Crippen molar-refractivity contribution >= 4 is 21.3 Å². The van der Waals surface area contributed by atoms with E-state index in [9.17, 15) is 39.6 Å². The highest BCUT2D eigenvalue weighted by Crippen LogP contribution is 2.31. The van der Waals surface area contributed by atoms with Gasteiger partial charge in [0.1, 0.15) is 10.7 Å². The Kier molecular flexibility index (Phi) is 5.77. The van der Waals surface area contributed by atoms with Crippen LogP contribution in [0.2, 0.25) is 0 Å². The van der Waals surface area contributed by atoms with Gasteiger partial charge < -0.3 is 9.47 Å². The second-order valence-electron chi connectivity index (χ2n) is 8.24. The number of sulfone groups is 1. The third-order valence-electron chi connectivity index (χ3n) is 5.92.